The van der Waals surface area contributed by atoms with Crippen LogP contribution in [0.25, 0.3) is 5.69 Å². The molecular weight excluding hydrogens is 310 g/mol. The fraction of sp³-hybridized carbons (Fsp3) is 0.412. The molecule has 0 unspecified atom stereocenters. The van der Waals surface area contributed by atoms with Crippen LogP contribution in [0.4, 0.5) is 0 Å². The molecule has 23 heavy (non-hydrogen) atoms. The van der Waals surface area contributed by atoms with Gasteiger partial charge in [0.15, 0.2) is 5.16 Å². The van der Waals surface area contributed by atoms with E-state index in [1.807, 2.05) is 15.7 Å². The number of benzene rings is 1. The van der Waals surface area contributed by atoms with E-state index < -0.39 is 0 Å². The van der Waals surface area contributed by atoms with E-state index >= 15 is 0 Å². The quantitative estimate of drug-likeness (QED) is 0.808. The Bertz CT molecular complexity index is 673. The number of ether oxygens (including phenoxy) is 1. The molecule has 1 aromatic carbocycles. The monoisotopic (exact) mass is 331 g/mol. The molecule has 0 atom stereocenters. The third kappa shape index (κ3) is 3.95. The molecule has 1 fully saturated rings. The van der Waals surface area contributed by atoms with Crippen molar-refractivity contribution in [3.05, 3.63) is 41.7 Å². The molecule has 0 bridgehead atoms. The minimum Gasteiger partial charge on any atom is -0.378 e. The first kappa shape index (κ1) is 16.1. The van der Waals surface area contributed by atoms with Crippen LogP contribution >= 0.6 is 11.8 Å². The van der Waals surface area contributed by atoms with E-state index in [4.69, 9.17) is 4.74 Å². The predicted octanol–water partition coefficient (Wildman–Crippen LogP) is 2.44. The van der Waals surface area contributed by atoms with Gasteiger partial charge in [0.25, 0.3) is 0 Å². The second-order valence-corrected chi connectivity index (χ2v) is 6.65. The van der Waals surface area contributed by atoms with Gasteiger partial charge in [-0.3, -0.25) is 9.36 Å². The molecule has 1 aliphatic heterocycles. The Labute approximate surface area is 140 Å². The van der Waals surface area contributed by atoms with Gasteiger partial charge in [-0.25, -0.2) is 4.98 Å². The molecule has 5 nitrogen and oxygen atoms in total. The highest BCUT2D eigenvalue weighted by Gasteiger charge is 2.18. The molecule has 2 aromatic rings. The van der Waals surface area contributed by atoms with Crippen molar-refractivity contribution in [1.29, 1.82) is 0 Å². The molecule has 122 valence electrons. The van der Waals surface area contributed by atoms with Crippen molar-refractivity contribution >= 4 is 17.7 Å². The molecule has 0 spiro atoms. The summed E-state index contributed by atoms with van der Waals surface area (Å²) in [4.78, 5) is 18.5. The summed E-state index contributed by atoms with van der Waals surface area (Å²) >= 11 is 1.48. The Morgan fingerprint density at radius 1 is 1.22 bits per heavy atom. The number of hydrogen-bond acceptors (Lipinski definition) is 4. The molecule has 0 saturated carbocycles. The number of thioether (sulfide) groups is 1. The van der Waals surface area contributed by atoms with Gasteiger partial charge in [0.05, 0.1) is 19.0 Å². The number of aromatic nitrogens is 2. The number of imidazole rings is 1. The van der Waals surface area contributed by atoms with Crippen molar-refractivity contribution < 1.29 is 9.53 Å². The third-order valence-electron chi connectivity index (χ3n) is 3.78. The SMILES string of the molecule is Cc1cc(C)cc(-n2ccnc2SCC(=O)N2CCOCC2)c1. The molecular formula is C17H21N3O2S. The van der Waals surface area contributed by atoms with Crippen LogP contribution in [0.1, 0.15) is 11.1 Å². The number of carbonyl (C=O) groups is 1. The molecule has 0 N–H and O–H groups in total. The highest BCUT2D eigenvalue weighted by molar-refractivity contribution is 7.99. The van der Waals surface area contributed by atoms with Crippen LogP contribution in [0.5, 0.6) is 0 Å². The number of nitrogens with zero attached hydrogens (tertiary/aromatic N) is 3. The topological polar surface area (TPSA) is 47.4 Å². The van der Waals surface area contributed by atoms with Crippen molar-refractivity contribution in [2.24, 2.45) is 0 Å². The van der Waals surface area contributed by atoms with Crippen LogP contribution in [0, 0.1) is 13.8 Å². The first-order chi connectivity index (χ1) is 11.1. The van der Waals surface area contributed by atoms with Crippen LogP contribution in [0.2, 0.25) is 0 Å². The van der Waals surface area contributed by atoms with Crippen LogP contribution in [-0.2, 0) is 9.53 Å². The van der Waals surface area contributed by atoms with E-state index in [1.165, 1.54) is 22.9 Å². The maximum absolute atomic E-state index is 12.3. The summed E-state index contributed by atoms with van der Waals surface area (Å²) in [5.41, 5.74) is 3.52. The van der Waals surface area contributed by atoms with Gasteiger partial charge in [0.2, 0.25) is 5.91 Å². The van der Waals surface area contributed by atoms with Gasteiger partial charge in [0.1, 0.15) is 0 Å². The second kappa shape index (κ2) is 7.19. The summed E-state index contributed by atoms with van der Waals surface area (Å²) in [5, 5.41) is 0.844. The highest BCUT2D eigenvalue weighted by Crippen LogP contribution is 2.22. The van der Waals surface area contributed by atoms with Gasteiger partial charge >= 0.3 is 0 Å². The second-order valence-electron chi connectivity index (χ2n) is 5.71. The number of morpholine rings is 1. The van der Waals surface area contributed by atoms with Crippen molar-refractivity contribution in [2.45, 2.75) is 19.0 Å². The van der Waals surface area contributed by atoms with Gasteiger partial charge in [-0.15, -0.1) is 0 Å². The summed E-state index contributed by atoms with van der Waals surface area (Å²) in [6.07, 6.45) is 3.72. The maximum Gasteiger partial charge on any atom is 0.233 e. The van der Waals surface area contributed by atoms with Crippen LogP contribution in [0.3, 0.4) is 0 Å². The standard InChI is InChI=1S/C17H21N3O2S/c1-13-9-14(2)11-15(10-13)20-4-3-18-17(20)23-12-16(21)19-5-7-22-8-6-19/h3-4,9-11H,5-8,12H2,1-2H3. The summed E-state index contributed by atoms with van der Waals surface area (Å²) in [6.45, 7) is 6.81. The number of aryl methyl sites for hydroxylation is 2. The summed E-state index contributed by atoms with van der Waals surface area (Å²) in [7, 11) is 0. The Morgan fingerprint density at radius 2 is 1.91 bits per heavy atom. The van der Waals surface area contributed by atoms with E-state index in [-0.39, 0.29) is 5.91 Å². The maximum atomic E-state index is 12.3. The number of rotatable bonds is 4. The predicted molar refractivity (Wildman–Crippen MR) is 91.2 cm³/mol. The van der Waals surface area contributed by atoms with Crippen LogP contribution in [-0.4, -0.2) is 52.4 Å². The lowest BCUT2D eigenvalue weighted by molar-refractivity contribution is -0.132. The van der Waals surface area contributed by atoms with E-state index in [0.717, 1.165) is 10.8 Å². The van der Waals surface area contributed by atoms with Crippen molar-refractivity contribution in [2.75, 3.05) is 32.1 Å². The first-order valence-electron chi connectivity index (χ1n) is 7.74. The normalized spacial score (nSPS) is 15.0. The van der Waals surface area contributed by atoms with E-state index in [9.17, 15) is 4.79 Å². The van der Waals surface area contributed by atoms with Crippen molar-refractivity contribution in [3.63, 3.8) is 0 Å². The summed E-state index contributed by atoms with van der Waals surface area (Å²) in [6, 6.07) is 6.40. The molecule has 3 rings (SSSR count). The lowest BCUT2D eigenvalue weighted by Gasteiger charge is -2.26. The zero-order valence-corrected chi connectivity index (χ0v) is 14.3. The summed E-state index contributed by atoms with van der Waals surface area (Å²) < 4.78 is 7.32. The molecule has 0 radical (unpaired) electrons. The van der Waals surface area contributed by atoms with Crippen LogP contribution < -0.4 is 0 Å². The minimum absolute atomic E-state index is 0.147. The lowest BCUT2D eigenvalue weighted by atomic mass is 10.1. The van der Waals surface area contributed by atoms with Gasteiger partial charge < -0.3 is 9.64 Å². The Kier molecular flexibility index (Phi) is 5.03. The highest BCUT2D eigenvalue weighted by atomic mass is 32.2. The largest absolute Gasteiger partial charge is 0.378 e. The molecule has 2 heterocycles. The average Bonchev–Trinajstić information content (AvgIpc) is 3.01. The Balaban J connectivity index is 1.70. The first-order valence-corrected chi connectivity index (χ1v) is 8.72. The van der Waals surface area contributed by atoms with Crippen molar-refractivity contribution in [3.8, 4) is 5.69 Å². The minimum atomic E-state index is 0.147. The van der Waals surface area contributed by atoms with E-state index in [1.54, 1.807) is 6.20 Å². The molecule has 1 aliphatic rings. The van der Waals surface area contributed by atoms with E-state index in [0.29, 0.717) is 32.1 Å². The smallest absolute Gasteiger partial charge is 0.233 e. The Hall–Kier alpha value is -1.79. The lowest BCUT2D eigenvalue weighted by Crippen LogP contribution is -2.41. The molecule has 6 heteroatoms. The van der Waals surface area contributed by atoms with Gasteiger partial charge in [-0.05, 0) is 37.1 Å². The number of carbonyl (C=O) groups excluding carboxylic acids is 1. The molecule has 1 saturated heterocycles. The van der Waals surface area contributed by atoms with Gasteiger partial charge in [-0.2, -0.15) is 0 Å². The zero-order chi connectivity index (χ0) is 16.2. The zero-order valence-electron chi connectivity index (χ0n) is 13.5. The molecule has 1 amide bonds. The van der Waals surface area contributed by atoms with Gasteiger partial charge in [-0.1, -0.05) is 17.8 Å². The van der Waals surface area contributed by atoms with Crippen molar-refractivity contribution in [1.82, 2.24) is 14.5 Å². The van der Waals surface area contributed by atoms with Gasteiger partial charge in [0, 0.05) is 31.2 Å². The molecule has 0 aliphatic carbocycles. The van der Waals surface area contributed by atoms with Crippen LogP contribution in [0.15, 0.2) is 35.7 Å². The average molecular weight is 331 g/mol. The molecule has 1 aromatic heterocycles. The number of hydrogen-bond donors (Lipinski definition) is 0. The number of amides is 1. The Morgan fingerprint density at radius 3 is 2.61 bits per heavy atom. The fourth-order valence-electron chi connectivity index (χ4n) is 2.71. The van der Waals surface area contributed by atoms with E-state index in [2.05, 4.69) is 37.0 Å². The fourth-order valence-corrected chi connectivity index (χ4v) is 3.59. The third-order valence-corrected chi connectivity index (χ3v) is 4.73. The summed E-state index contributed by atoms with van der Waals surface area (Å²) in [5.74, 6) is 0.551.